The number of fused-ring (bicyclic) bond motifs is 1. The van der Waals surface area contributed by atoms with Gasteiger partial charge in [-0.3, -0.25) is 9.36 Å². The number of rotatable bonds is 13. The molecule has 12 nitrogen and oxygen atoms in total. The molecule has 2 aromatic heterocycles. The number of hydrogen-bond donors (Lipinski definition) is 3. The number of nitrogens with two attached hydrogens (primary N) is 1. The van der Waals surface area contributed by atoms with E-state index in [1.807, 2.05) is 17.2 Å². The number of ether oxygens (including phenoxy) is 1. The summed E-state index contributed by atoms with van der Waals surface area (Å²) in [4.78, 5) is 43.1. The van der Waals surface area contributed by atoms with E-state index in [1.165, 1.54) is 0 Å². The molecule has 0 spiro atoms. The Kier molecular flexibility index (Phi) is 8.96. The summed E-state index contributed by atoms with van der Waals surface area (Å²) in [5.74, 6) is -0.000278. The number of anilines is 1. The number of imidazole rings is 1. The van der Waals surface area contributed by atoms with E-state index in [2.05, 4.69) is 26.8 Å². The van der Waals surface area contributed by atoms with E-state index in [0.29, 0.717) is 35.6 Å². The number of nitrogen functional groups attached to an aromatic ring is 1. The molecule has 12 heteroatoms. The lowest BCUT2D eigenvalue weighted by atomic mass is 10.1. The summed E-state index contributed by atoms with van der Waals surface area (Å²) in [5, 5.41) is 10.9. The molecule has 0 amide bonds. The molecule has 0 atom stereocenters. The number of hydrogen-bond acceptors (Lipinski definition) is 9. The number of aromatic nitrogens is 4. The molecule has 0 unspecified atom stereocenters. The number of aromatic amines is 1. The standard InChI is InChI=1S/C25H35N7O5/c1-2-3-15-36-24-28-22(26)21-23(29-24)32(25(35)27-21)10-5-4-9-30-11-13-31(14-12-30)37-19-8-6-7-18(16-19)17-20(33)34/h6-8,16H,2-5,9-15,17H2,1H3,(H,27,35)(H,33,34)(H2,26,28,29). The SMILES string of the molecule is CCCCOc1nc(N)c2[nH]c(=O)n(CCCCN3CCN(Oc4cccc(CC(=O)O)c4)CC3)c2n1. The van der Waals surface area contributed by atoms with Crippen LogP contribution in [-0.4, -0.2) is 79.9 Å². The van der Waals surface area contributed by atoms with Crippen molar-refractivity contribution in [3.8, 4) is 11.8 Å². The van der Waals surface area contributed by atoms with Gasteiger partial charge in [0.05, 0.1) is 13.0 Å². The van der Waals surface area contributed by atoms with E-state index in [9.17, 15) is 9.59 Å². The maximum atomic E-state index is 12.5. The smallest absolute Gasteiger partial charge is 0.327 e. The topological polar surface area (TPSA) is 152 Å². The Morgan fingerprint density at radius 3 is 2.68 bits per heavy atom. The number of carboxylic acids is 1. The minimum absolute atomic E-state index is 0.0239. The predicted molar refractivity (Wildman–Crippen MR) is 139 cm³/mol. The zero-order valence-corrected chi connectivity index (χ0v) is 21.2. The third-order valence-electron chi connectivity index (χ3n) is 6.28. The molecule has 37 heavy (non-hydrogen) atoms. The van der Waals surface area contributed by atoms with Crippen molar-refractivity contribution in [2.75, 3.05) is 45.1 Å². The van der Waals surface area contributed by atoms with Crippen LogP contribution in [0.1, 0.15) is 38.2 Å². The van der Waals surface area contributed by atoms with Gasteiger partial charge < -0.3 is 30.3 Å². The largest absolute Gasteiger partial charge is 0.481 e. The molecule has 4 N–H and O–H groups in total. The minimum atomic E-state index is -0.862. The number of carbonyl (C=O) groups is 1. The molecular weight excluding hydrogens is 478 g/mol. The van der Waals surface area contributed by atoms with Crippen molar-refractivity contribution in [3.63, 3.8) is 0 Å². The number of aliphatic carboxylic acids is 1. The predicted octanol–water partition coefficient (Wildman–Crippen LogP) is 1.90. The molecule has 1 fully saturated rings. The summed E-state index contributed by atoms with van der Waals surface area (Å²) in [5.41, 5.74) is 7.40. The number of H-pyrrole nitrogens is 1. The van der Waals surface area contributed by atoms with Crippen LogP contribution in [0.4, 0.5) is 5.82 Å². The summed E-state index contributed by atoms with van der Waals surface area (Å²) in [6.07, 6.45) is 3.61. The summed E-state index contributed by atoms with van der Waals surface area (Å²) in [6.45, 7) is 7.26. The van der Waals surface area contributed by atoms with Gasteiger partial charge in [0, 0.05) is 32.7 Å². The number of nitrogens with one attached hydrogen (secondary N) is 1. The van der Waals surface area contributed by atoms with Crippen LogP contribution < -0.4 is 21.0 Å². The molecular formula is C25H35N7O5. The summed E-state index contributed by atoms with van der Waals surface area (Å²) < 4.78 is 7.20. The third kappa shape index (κ3) is 7.20. The lowest BCUT2D eigenvalue weighted by molar-refractivity contribution is -0.136. The molecule has 0 bridgehead atoms. The summed E-state index contributed by atoms with van der Waals surface area (Å²) >= 11 is 0. The number of hydroxylamine groups is 2. The fourth-order valence-corrected chi connectivity index (χ4v) is 4.30. The van der Waals surface area contributed by atoms with Gasteiger partial charge in [-0.05, 0) is 43.5 Å². The Labute approximate surface area is 215 Å². The number of unbranched alkanes of at least 4 members (excludes halogenated alkanes) is 2. The summed E-state index contributed by atoms with van der Waals surface area (Å²) in [6, 6.07) is 7.39. The lowest BCUT2D eigenvalue weighted by Gasteiger charge is -2.34. The van der Waals surface area contributed by atoms with E-state index in [1.54, 1.807) is 16.7 Å². The van der Waals surface area contributed by atoms with Crippen molar-refractivity contribution < 1.29 is 19.5 Å². The van der Waals surface area contributed by atoms with Crippen LogP contribution in [0.2, 0.25) is 0 Å². The van der Waals surface area contributed by atoms with Crippen molar-refractivity contribution in [3.05, 3.63) is 40.3 Å². The van der Waals surface area contributed by atoms with Gasteiger partial charge in [0.1, 0.15) is 11.3 Å². The maximum absolute atomic E-state index is 12.5. The van der Waals surface area contributed by atoms with Gasteiger partial charge in [0.15, 0.2) is 11.5 Å². The van der Waals surface area contributed by atoms with Crippen molar-refractivity contribution in [2.24, 2.45) is 0 Å². The van der Waals surface area contributed by atoms with E-state index >= 15 is 0 Å². The number of nitrogens with zero attached hydrogens (tertiary/aromatic N) is 5. The number of piperazine rings is 1. The van der Waals surface area contributed by atoms with Gasteiger partial charge >= 0.3 is 17.7 Å². The Morgan fingerprint density at radius 1 is 1.14 bits per heavy atom. The van der Waals surface area contributed by atoms with Crippen molar-refractivity contribution >= 4 is 23.0 Å². The van der Waals surface area contributed by atoms with E-state index < -0.39 is 5.97 Å². The van der Waals surface area contributed by atoms with Gasteiger partial charge in [-0.15, -0.1) is 5.06 Å². The van der Waals surface area contributed by atoms with E-state index in [0.717, 1.165) is 58.4 Å². The second kappa shape index (κ2) is 12.5. The van der Waals surface area contributed by atoms with Crippen LogP contribution in [0.25, 0.3) is 11.2 Å². The highest BCUT2D eigenvalue weighted by molar-refractivity contribution is 5.81. The first-order chi connectivity index (χ1) is 17.9. The Morgan fingerprint density at radius 2 is 1.92 bits per heavy atom. The fraction of sp³-hybridized carbons (Fsp3) is 0.520. The normalized spacial score (nSPS) is 14.7. The molecule has 1 aliphatic rings. The molecule has 3 aromatic rings. The third-order valence-corrected chi connectivity index (χ3v) is 6.28. The molecule has 0 saturated carbocycles. The average Bonchev–Trinajstić information content (AvgIpc) is 3.18. The molecule has 4 rings (SSSR count). The zero-order valence-electron chi connectivity index (χ0n) is 21.2. The van der Waals surface area contributed by atoms with E-state index in [4.69, 9.17) is 20.4 Å². The van der Waals surface area contributed by atoms with Crippen LogP contribution in [0.3, 0.4) is 0 Å². The minimum Gasteiger partial charge on any atom is -0.481 e. The maximum Gasteiger partial charge on any atom is 0.327 e. The first-order valence-electron chi connectivity index (χ1n) is 12.8. The second-order valence-electron chi connectivity index (χ2n) is 9.16. The van der Waals surface area contributed by atoms with Crippen LogP contribution in [0.15, 0.2) is 29.1 Å². The van der Waals surface area contributed by atoms with Crippen LogP contribution in [-0.2, 0) is 17.8 Å². The molecule has 0 aliphatic carbocycles. The highest BCUT2D eigenvalue weighted by atomic mass is 16.7. The molecule has 1 aromatic carbocycles. The quantitative estimate of drug-likeness (QED) is 0.289. The average molecular weight is 514 g/mol. The zero-order chi connectivity index (χ0) is 26.2. The Balaban J connectivity index is 1.23. The van der Waals surface area contributed by atoms with Gasteiger partial charge in [-0.2, -0.15) is 9.97 Å². The molecule has 0 radical (unpaired) electrons. The molecule has 1 aliphatic heterocycles. The highest BCUT2D eigenvalue weighted by Crippen LogP contribution is 2.19. The van der Waals surface area contributed by atoms with E-state index in [-0.39, 0.29) is 23.9 Å². The van der Waals surface area contributed by atoms with Crippen molar-refractivity contribution in [2.45, 2.75) is 45.6 Å². The first-order valence-corrected chi connectivity index (χ1v) is 12.8. The highest BCUT2D eigenvalue weighted by Gasteiger charge is 2.19. The van der Waals surface area contributed by atoms with Crippen LogP contribution >= 0.6 is 0 Å². The van der Waals surface area contributed by atoms with Gasteiger partial charge in [0.2, 0.25) is 0 Å². The monoisotopic (exact) mass is 513 g/mol. The Bertz CT molecular complexity index is 1250. The fourth-order valence-electron chi connectivity index (χ4n) is 4.30. The molecule has 3 heterocycles. The van der Waals surface area contributed by atoms with Gasteiger partial charge in [0.25, 0.3) is 0 Å². The molecule has 200 valence electrons. The first kappa shape index (κ1) is 26.4. The van der Waals surface area contributed by atoms with Gasteiger partial charge in [-0.1, -0.05) is 25.5 Å². The lowest BCUT2D eigenvalue weighted by Crippen LogP contribution is -2.47. The number of carboxylic acid groups (broad SMARTS) is 1. The number of aryl methyl sites for hydroxylation is 1. The van der Waals surface area contributed by atoms with Crippen LogP contribution in [0.5, 0.6) is 11.8 Å². The Hall–Kier alpha value is -3.64. The second-order valence-corrected chi connectivity index (χ2v) is 9.16. The number of benzene rings is 1. The van der Waals surface area contributed by atoms with Gasteiger partial charge in [-0.25, -0.2) is 4.79 Å². The van der Waals surface area contributed by atoms with Crippen molar-refractivity contribution in [1.29, 1.82) is 0 Å². The van der Waals surface area contributed by atoms with Crippen molar-refractivity contribution in [1.82, 2.24) is 29.5 Å². The summed E-state index contributed by atoms with van der Waals surface area (Å²) in [7, 11) is 0. The van der Waals surface area contributed by atoms with Crippen LogP contribution in [0, 0.1) is 0 Å². The molecule has 1 saturated heterocycles.